The van der Waals surface area contributed by atoms with E-state index in [4.69, 9.17) is 22.1 Å². The molecule has 0 aliphatic rings. The summed E-state index contributed by atoms with van der Waals surface area (Å²) in [5.41, 5.74) is 7.27. The van der Waals surface area contributed by atoms with Gasteiger partial charge in [0.2, 0.25) is 0 Å². The molecule has 6 heteroatoms. The molecule has 0 saturated carbocycles. The van der Waals surface area contributed by atoms with Gasteiger partial charge in [-0.2, -0.15) is 0 Å². The number of halogens is 1. The number of aromatic nitrogens is 1. The van der Waals surface area contributed by atoms with Crippen LogP contribution in [0.3, 0.4) is 0 Å². The van der Waals surface area contributed by atoms with Crippen molar-refractivity contribution in [3.05, 3.63) is 41.2 Å². The molecule has 2 aromatic rings. The highest BCUT2D eigenvalue weighted by molar-refractivity contribution is 6.32. The minimum absolute atomic E-state index is 0.246. The Hall–Kier alpha value is -2.14. The Morgan fingerprint density at radius 1 is 1.45 bits per heavy atom. The third-order valence-electron chi connectivity index (χ3n) is 2.75. The van der Waals surface area contributed by atoms with Crippen LogP contribution in [0.25, 0.3) is 0 Å². The molecule has 2 rings (SSSR count). The standard InChI is InChI=1S/C14H16ClN3O2/c1-3-20-13-5-4-10(7-11(13)15)17-14(19)12-6-9(16)8-18(12)2/h4-8H,3,16H2,1-2H3,(H,17,19). The summed E-state index contributed by atoms with van der Waals surface area (Å²) >= 11 is 6.07. The SMILES string of the molecule is CCOc1ccc(NC(=O)c2cc(N)cn2C)cc1Cl. The Morgan fingerprint density at radius 3 is 2.75 bits per heavy atom. The number of hydrogen-bond donors (Lipinski definition) is 2. The zero-order chi connectivity index (χ0) is 14.7. The van der Waals surface area contributed by atoms with Crippen LogP contribution in [0.2, 0.25) is 5.02 Å². The van der Waals surface area contributed by atoms with Crippen LogP contribution >= 0.6 is 11.6 Å². The molecule has 1 aromatic carbocycles. The highest BCUT2D eigenvalue weighted by Gasteiger charge is 2.12. The van der Waals surface area contributed by atoms with E-state index in [2.05, 4.69) is 5.32 Å². The van der Waals surface area contributed by atoms with Crippen LogP contribution in [0.1, 0.15) is 17.4 Å². The van der Waals surface area contributed by atoms with Crippen molar-refractivity contribution >= 4 is 28.9 Å². The van der Waals surface area contributed by atoms with Crippen LogP contribution in [0.5, 0.6) is 5.75 Å². The average molecular weight is 294 g/mol. The first-order chi connectivity index (χ1) is 9.51. The number of nitrogens with one attached hydrogen (secondary N) is 1. The molecule has 1 amide bonds. The summed E-state index contributed by atoms with van der Waals surface area (Å²) in [6.45, 7) is 2.42. The van der Waals surface area contributed by atoms with Gasteiger partial charge in [-0.1, -0.05) is 11.6 Å². The number of nitrogens with two attached hydrogens (primary N) is 1. The van der Waals surface area contributed by atoms with E-state index in [0.717, 1.165) is 0 Å². The number of nitrogens with zero attached hydrogens (tertiary/aromatic N) is 1. The van der Waals surface area contributed by atoms with Crippen molar-refractivity contribution in [1.82, 2.24) is 4.57 Å². The van der Waals surface area contributed by atoms with Crippen molar-refractivity contribution in [1.29, 1.82) is 0 Å². The van der Waals surface area contributed by atoms with Crippen LogP contribution in [-0.4, -0.2) is 17.1 Å². The van der Waals surface area contributed by atoms with Crippen molar-refractivity contribution in [3.8, 4) is 5.75 Å². The van der Waals surface area contributed by atoms with E-state index < -0.39 is 0 Å². The van der Waals surface area contributed by atoms with Crippen molar-refractivity contribution in [2.75, 3.05) is 17.7 Å². The monoisotopic (exact) mass is 293 g/mol. The lowest BCUT2D eigenvalue weighted by Crippen LogP contribution is -2.15. The number of nitrogen functional groups attached to an aromatic ring is 1. The number of benzene rings is 1. The largest absolute Gasteiger partial charge is 0.492 e. The first-order valence-electron chi connectivity index (χ1n) is 6.16. The van der Waals surface area contributed by atoms with Crippen LogP contribution < -0.4 is 15.8 Å². The first-order valence-corrected chi connectivity index (χ1v) is 6.54. The van der Waals surface area contributed by atoms with E-state index in [1.165, 1.54) is 0 Å². The van der Waals surface area contributed by atoms with Crippen LogP contribution in [0.4, 0.5) is 11.4 Å². The summed E-state index contributed by atoms with van der Waals surface area (Å²) < 4.78 is 7.01. The molecule has 20 heavy (non-hydrogen) atoms. The van der Waals surface area contributed by atoms with Crippen molar-refractivity contribution in [2.24, 2.45) is 7.05 Å². The summed E-state index contributed by atoms with van der Waals surface area (Å²) in [4.78, 5) is 12.1. The summed E-state index contributed by atoms with van der Waals surface area (Å²) in [5.74, 6) is 0.347. The van der Waals surface area contributed by atoms with E-state index in [-0.39, 0.29) is 5.91 Å². The average Bonchev–Trinajstić information content (AvgIpc) is 2.72. The molecule has 1 aromatic heterocycles. The Kier molecular flexibility index (Phi) is 4.20. The zero-order valence-corrected chi connectivity index (χ0v) is 12.1. The molecule has 0 saturated heterocycles. The van der Waals surface area contributed by atoms with Crippen molar-refractivity contribution in [3.63, 3.8) is 0 Å². The van der Waals surface area contributed by atoms with E-state index >= 15 is 0 Å². The molecule has 0 unspecified atom stereocenters. The van der Waals surface area contributed by atoms with Gasteiger partial charge in [-0.15, -0.1) is 0 Å². The van der Waals surface area contributed by atoms with Gasteiger partial charge >= 0.3 is 0 Å². The van der Waals surface area contributed by atoms with Crippen LogP contribution in [-0.2, 0) is 7.05 Å². The van der Waals surface area contributed by atoms with Gasteiger partial charge in [0, 0.05) is 18.9 Å². The zero-order valence-electron chi connectivity index (χ0n) is 11.3. The molecule has 0 bridgehead atoms. The molecule has 1 heterocycles. The van der Waals surface area contributed by atoms with Gasteiger partial charge in [0.25, 0.3) is 5.91 Å². The Morgan fingerprint density at radius 2 is 2.20 bits per heavy atom. The second kappa shape index (κ2) is 5.88. The number of amides is 1. The molecular formula is C14H16ClN3O2. The third-order valence-corrected chi connectivity index (χ3v) is 3.04. The highest BCUT2D eigenvalue weighted by atomic mass is 35.5. The summed E-state index contributed by atoms with van der Waals surface area (Å²) in [6.07, 6.45) is 1.68. The molecule has 0 aliphatic heterocycles. The Bertz CT molecular complexity index is 637. The van der Waals surface area contributed by atoms with E-state index in [1.807, 2.05) is 6.92 Å². The molecule has 106 valence electrons. The maximum atomic E-state index is 12.1. The van der Waals surface area contributed by atoms with Crippen molar-refractivity contribution < 1.29 is 9.53 Å². The topological polar surface area (TPSA) is 69.3 Å². The van der Waals surface area contributed by atoms with E-state index in [1.54, 1.807) is 42.1 Å². The van der Waals surface area contributed by atoms with Gasteiger partial charge in [-0.25, -0.2) is 0 Å². The summed E-state index contributed by atoms with van der Waals surface area (Å²) in [5, 5.41) is 3.22. The van der Waals surface area contributed by atoms with Crippen LogP contribution in [0.15, 0.2) is 30.5 Å². The second-order valence-electron chi connectivity index (χ2n) is 4.30. The van der Waals surface area contributed by atoms with E-state index in [9.17, 15) is 4.79 Å². The Labute approximate surface area is 122 Å². The first kappa shape index (κ1) is 14.3. The minimum Gasteiger partial charge on any atom is -0.492 e. The summed E-state index contributed by atoms with van der Waals surface area (Å²) in [6, 6.07) is 6.73. The maximum absolute atomic E-state index is 12.1. The molecule has 3 N–H and O–H groups in total. The second-order valence-corrected chi connectivity index (χ2v) is 4.71. The van der Waals surface area contributed by atoms with Gasteiger partial charge < -0.3 is 20.4 Å². The van der Waals surface area contributed by atoms with Gasteiger partial charge in [-0.05, 0) is 31.2 Å². The minimum atomic E-state index is -0.246. The molecule has 5 nitrogen and oxygen atoms in total. The van der Waals surface area contributed by atoms with Gasteiger partial charge in [-0.3, -0.25) is 4.79 Å². The molecule has 0 spiro atoms. The smallest absolute Gasteiger partial charge is 0.272 e. The molecule has 0 atom stereocenters. The lowest BCUT2D eigenvalue weighted by atomic mass is 10.3. The predicted molar refractivity (Wildman–Crippen MR) is 80.4 cm³/mol. The Balaban J connectivity index is 2.16. The lowest BCUT2D eigenvalue weighted by molar-refractivity contribution is 0.101. The number of anilines is 2. The normalized spacial score (nSPS) is 10.3. The summed E-state index contributed by atoms with van der Waals surface area (Å²) in [7, 11) is 1.76. The third kappa shape index (κ3) is 3.05. The molecule has 0 fully saturated rings. The number of carbonyl (C=O) groups is 1. The quantitative estimate of drug-likeness (QED) is 0.910. The van der Waals surface area contributed by atoms with Gasteiger partial charge in [0.1, 0.15) is 11.4 Å². The fourth-order valence-corrected chi connectivity index (χ4v) is 2.10. The highest BCUT2D eigenvalue weighted by Crippen LogP contribution is 2.27. The predicted octanol–water partition coefficient (Wildman–Crippen LogP) is 2.91. The van der Waals surface area contributed by atoms with Gasteiger partial charge in [0.05, 0.1) is 17.3 Å². The maximum Gasteiger partial charge on any atom is 0.272 e. The number of aryl methyl sites for hydroxylation is 1. The number of ether oxygens (including phenoxy) is 1. The molecule has 0 aliphatic carbocycles. The lowest BCUT2D eigenvalue weighted by Gasteiger charge is -2.09. The van der Waals surface area contributed by atoms with Gasteiger partial charge in [0.15, 0.2) is 0 Å². The van der Waals surface area contributed by atoms with Crippen LogP contribution in [0, 0.1) is 0 Å². The number of hydrogen-bond acceptors (Lipinski definition) is 3. The number of carbonyl (C=O) groups excluding carboxylic acids is 1. The number of rotatable bonds is 4. The fourth-order valence-electron chi connectivity index (χ4n) is 1.86. The molecular weight excluding hydrogens is 278 g/mol. The fraction of sp³-hybridized carbons (Fsp3) is 0.214. The molecule has 0 radical (unpaired) electrons. The van der Waals surface area contributed by atoms with E-state index in [0.29, 0.717) is 34.4 Å². The van der Waals surface area contributed by atoms with Crippen molar-refractivity contribution in [2.45, 2.75) is 6.92 Å².